The monoisotopic (exact) mass is 424 g/mol. The van der Waals surface area contributed by atoms with Crippen LogP contribution in [0, 0.1) is 6.92 Å². The van der Waals surface area contributed by atoms with Crippen LogP contribution in [-0.4, -0.2) is 36.2 Å². The van der Waals surface area contributed by atoms with Crippen LogP contribution in [0.4, 0.5) is 5.69 Å². The number of aryl methyl sites for hydroxylation is 1. The Morgan fingerprint density at radius 3 is 2.37 bits per heavy atom. The second-order valence-corrected chi connectivity index (χ2v) is 9.35. The number of carbonyl (C=O) groups excluding carboxylic acids is 1. The molecule has 0 radical (unpaired) electrons. The van der Waals surface area contributed by atoms with Crippen LogP contribution in [0.1, 0.15) is 34.6 Å². The molecule has 2 heterocycles. The van der Waals surface area contributed by atoms with Crippen molar-refractivity contribution in [2.45, 2.75) is 26.3 Å². The fraction of sp³-hybridized carbons (Fsp3) is 0.273. The van der Waals surface area contributed by atoms with Gasteiger partial charge in [-0.3, -0.25) is 9.10 Å². The molecule has 2 aromatic carbocycles. The Morgan fingerprint density at radius 1 is 1.03 bits per heavy atom. The number of carbonyl (C=O) groups is 1. The molecule has 1 aromatic heterocycles. The molecule has 8 heteroatoms. The molecule has 1 N–H and O–H groups in total. The summed E-state index contributed by atoms with van der Waals surface area (Å²) in [5.74, 6) is 0.892. The van der Waals surface area contributed by atoms with E-state index >= 15 is 0 Å². The number of aromatic nitrogens is 2. The van der Waals surface area contributed by atoms with Crippen molar-refractivity contribution in [3.8, 4) is 5.69 Å². The van der Waals surface area contributed by atoms with E-state index in [4.69, 9.17) is 0 Å². The molecular formula is C22H24N4O3S. The summed E-state index contributed by atoms with van der Waals surface area (Å²) in [7, 11) is -3.25. The number of imidazole rings is 1. The van der Waals surface area contributed by atoms with Crippen molar-refractivity contribution in [1.29, 1.82) is 0 Å². The van der Waals surface area contributed by atoms with Gasteiger partial charge in [-0.2, -0.15) is 0 Å². The van der Waals surface area contributed by atoms with Crippen LogP contribution >= 0.6 is 0 Å². The van der Waals surface area contributed by atoms with E-state index in [9.17, 15) is 13.2 Å². The Balaban J connectivity index is 1.38. The molecule has 7 nitrogen and oxygen atoms in total. The lowest BCUT2D eigenvalue weighted by Gasteiger charge is -2.28. The summed E-state index contributed by atoms with van der Waals surface area (Å²) in [6.07, 6.45) is 5.21. The number of rotatable bonds is 5. The third-order valence-corrected chi connectivity index (χ3v) is 7.13. The van der Waals surface area contributed by atoms with Crippen molar-refractivity contribution < 1.29 is 13.2 Å². The van der Waals surface area contributed by atoms with Crippen molar-refractivity contribution in [2.75, 3.05) is 16.6 Å². The number of hydrogen-bond acceptors (Lipinski definition) is 4. The summed E-state index contributed by atoms with van der Waals surface area (Å²) in [5.41, 5.74) is 3.11. The molecule has 0 unspecified atom stereocenters. The van der Waals surface area contributed by atoms with Gasteiger partial charge in [-0.25, -0.2) is 13.4 Å². The molecular weight excluding hydrogens is 400 g/mol. The van der Waals surface area contributed by atoms with E-state index < -0.39 is 10.0 Å². The third-order valence-electron chi connectivity index (χ3n) is 5.26. The SMILES string of the molecule is Cc1nccn1-c1ccc(CNC(=O)c2ccc(N3CCCCS3(=O)=O)cc2)cc1. The van der Waals surface area contributed by atoms with Crippen LogP contribution in [0.25, 0.3) is 5.69 Å². The Hall–Kier alpha value is -3.13. The van der Waals surface area contributed by atoms with Crippen LogP contribution in [0.5, 0.6) is 0 Å². The van der Waals surface area contributed by atoms with Gasteiger partial charge in [0.2, 0.25) is 10.0 Å². The van der Waals surface area contributed by atoms with Gasteiger partial charge in [-0.1, -0.05) is 12.1 Å². The quantitative estimate of drug-likeness (QED) is 0.682. The molecule has 0 saturated carbocycles. The molecule has 0 aliphatic carbocycles. The third kappa shape index (κ3) is 4.23. The minimum absolute atomic E-state index is 0.175. The minimum Gasteiger partial charge on any atom is -0.348 e. The molecule has 1 fully saturated rings. The Bertz CT molecular complexity index is 1140. The predicted octanol–water partition coefficient (Wildman–Crippen LogP) is 3.04. The normalized spacial score (nSPS) is 15.7. The van der Waals surface area contributed by atoms with Gasteiger partial charge < -0.3 is 9.88 Å². The highest BCUT2D eigenvalue weighted by atomic mass is 32.2. The predicted molar refractivity (Wildman–Crippen MR) is 116 cm³/mol. The molecule has 1 amide bonds. The molecule has 1 aliphatic rings. The summed E-state index contributed by atoms with van der Waals surface area (Å²) in [6.45, 7) is 2.84. The van der Waals surface area contributed by atoms with Crippen molar-refractivity contribution in [1.82, 2.24) is 14.9 Å². The summed E-state index contributed by atoms with van der Waals surface area (Å²) < 4.78 is 27.9. The van der Waals surface area contributed by atoms with E-state index in [1.165, 1.54) is 4.31 Å². The number of nitrogens with one attached hydrogen (secondary N) is 1. The summed E-state index contributed by atoms with van der Waals surface area (Å²) in [6, 6.07) is 14.6. The fourth-order valence-electron chi connectivity index (χ4n) is 3.57. The molecule has 156 valence electrons. The topological polar surface area (TPSA) is 84.3 Å². The maximum absolute atomic E-state index is 12.5. The average Bonchev–Trinajstić information content (AvgIpc) is 3.18. The second-order valence-electron chi connectivity index (χ2n) is 7.34. The van der Waals surface area contributed by atoms with E-state index in [-0.39, 0.29) is 11.7 Å². The first kappa shape index (κ1) is 20.2. The maximum atomic E-state index is 12.5. The summed E-state index contributed by atoms with van der Waals surface area (Å²) in [4.78, 5) is 16.7. The van der Waals surface area contributed by atoms with Gasteiger partial charge in [-0.15, -0.1) is 0 Å². The summed E-state index contributed by atoms with van der Waals surface area (Å²) >= 11 is 0. The van der Waals surface area contributed by atoms with Crippen LogP contribution in [0.15, 0.2) is 60.9 Å². The molecule has 1 aliphatic heterocycles. The first-order valence-electron chi connectivity index (χ1n) is 9.92. The Labute approximate surface area is 176 Å². The lowest BCUT2D eigenvalue weighted by Crippen LogP contribution is -2.37. The average molecular weight is 425 g/mol. The number of anilines is 1. The van der Waals surface area contributed by atoms with Gasteiger partial charge in [0.25, 0.3) is 5.91 Å². The van der Waals surface area contributed by atoms with Crippen molar-refractivity contribution >= 4 is 21.6 Å². The van der Waals surface area contributed by atoms with E-state index in [1.807, 2.05) is 42.0 Å². The van der Waals surface area contributed by atoms with Crippen LogP contribution in [0.3, 0.4) is 0 Å². The summed E-state index contributed by atoms with van der Waals surface area (Å²) in [5, 5.41) is 2.91. The van der Waals surface area contributed by atoms with Gasteiger partial charge in [0.05, 0.1) is 11.4 Å². The van der Waals surface area contributed by atoms with Crippen LogP contribution in [-0.2, 0) is 16.6 Å². The highest BCUT2D eigenvalue weighted by Crippen LogP contribution is 2.23. The highest BCUT2D eigenvalue weighted by molar-refractivity contribution is 7.92. The van der Waals surface area contributed by atoms with Gasteiger partial charge in [0, 0.05) is 36.7 Å². The van der Waals surface area contributed by atoms with Gasteiger partial charge in [0.15, 0.2) is 0 Å². The van der Waals surface area contributed by atoms with E-state index in [1.54, 1.807) is 30.5 Å². The second kappa shape index (κ2) is 8.31. The lowest BCUT2D eigenvalue weighted by molar-refractivity contribution is 0.0951. The minimum atomic E-state index is -3.25. The molecule has 0 atom stereocenters. The van der Waals surface area contributed by atoms with Crippen molar-refractivity contribution in [2.24, 2.45) is 0 Å². The zero-order chi connectivity index (χ0) is 21.1. The van der Waals surface area contributed by atoms with Crippen LogP contribution < -0.4 is 9.62 Å². The van der Waals surface area contributed by atoms with E-state index in [0.29, 0.717) is 30.8 Å². The van der Waals surface area contributed by atoms with E-state index in [0.717, 1.165) is 23.5 Å². The first-order valence-corrected chi connectivity index (χ1v) is 11.5. The maximum Gasteiger partial charge on any atom is 0.251 e. The molecule has 0 bridgehead atoms. The molecule has 1 saturated heterocycles. The van der Waals surface area contributed by atoms with Gasteiger partial charge in [0.1, 0.15) is 5.82 Å². The highest BCUT2D eigenvalue weighted by Gasteiger charge is 2.25. The lowest BCUT2D eigenvalue weighted by atomic mass is 10.1. The molecule has 4 rings (SSSR count). The van der Waals surface area contributed by atoms with Crippen molar-refractivity contribution in [3.63, 3.8) is 0 Å². The molecule has 0 spiro atoms. The molecule has 30 heavy (non-hydrogen) atoms. The fourth-order valence-corrected chi connectivity index (χ4v) is 5.21. The van der Waals surface area contributed by atoms with Crippen LogP contribution in [0.2, 0.25) is 0 Å². The first-order chi connectivity index (χ1) is 14.4. The number of sulfonamides is 1. The van der Waals surface area contributed by atoms with Gasteiger partial charge >= 0.3 is 0 Å². The van der Waals surface area contributed by atoms with Crippen molar-refractivity contribution in [3.05, 3.63) is 77.9 Å². The largest absolute Gasteiger partial charge is 0.348 e. The van der Waals surface area contributed by atoms with E-state index in [2.05, 4.69) is 10.3 Å². The molecule has 3 aromatic rings. The number of benzene rings is 2. The smallest absolute Gasteiger partial charge is 0.251 e. The Kier molecular flexibility index (Phi) is 5.59. The standard InChI is InChI=1S/C22H24N4O3S/c1-17-23-12-14-25(17)20-8-4-18(5-9-20)16-24-22(27)19-6-10-21(11-7-19)26-13-2-3-15-30(26,28)29/h4-12,14H,2-3,13,15-16H2,1H3,(H,24,27). The zero-order valence-electron chi connectivity index (χ0n) is 16.8. The zero-order valence-corrected chi connectivity index (χ0v) is 17.6. The number of amides is 1. The Morgan fingerprint density at radius 2 is 1.73 bits per heavy atom. The number of hydrogen-bond donors (Lipinski definition) is 1. The van der Waals surface area contributed by atoms with Gasteiger partial charge in [-0.05, 0) is 61.7 Å². The number of nitrogens with zero attached hydrogens (tertiary/aromatic N) is 3.